The monoisotopic (exact) mass is 282 g/mol. The van der Waals surface area contributed by atoms with Crippen LogP contribution in [0.15, 0.2) is 6.33 Å². The number of aliphatic hydroxyl groups is 1. The first-order chi connectivity index (χ1) is 9.40. The molecule has 0 saturated carbocycles. The van der Waals surface area contributed by atoms with Gasteiger partial charge < -0.3 is 25.0 Å². The highest BCUT2D eigenvalue weighted by atomic mass is 16.4. The molecule has 2 unspecified atom stereocenters. The maximum atomic E-state index is 12.3. The first-order valence-corrected chi connectivity index (χ1v) is 6.34. The third-order valence-electron chi connectivity index (χ3n) is 3.29. The molecule has 2 rings (SSSR count). The topological polar surface area (TPSA) is 110 Å². The van der Waals surface area contributed by atoms with Gasteiger partial charge in [-0.25, -0.2) is 14.6 Å². The zero-order valence-corrected chi connectivity index (χ0v) is 11.4. The number of likely N-dealkylation sites (N-methyl/N-ethyl adjacent to an activating group) is 1. The summed E-state index contributed by atoms with van der Waals surface area (Å²) in [6.07, 6.45) is 1.01. The second-order valence-corrected chi connectivity index (χ2v) is 5.03. The largest absolute Gasteiger partial charge is 0.480 e. The van der Waals surface area contributed by atoms with E-state index in [2.05, 4.69) is 9.97 Å². The van der Waals surface area contributed by atoms with Gasteiger partial charge in [-0.3, -0.25) is 0 Å². The maximum Gasteiger partial charge on any atom is 0.326 e. The lowest BCUT2D eigenvalue weighted by Gasteiger charge is -2.35. The minimum Gasteiger partial charge on any atom is -0.480 e. The number of aromatic amines is 1. The minimum atomic E-state index is -1.06. The summed E-state index contributed by atoms with van der Waals surface area (Å²) in [5.41, 5.74) is 1.43. The summed E-state index contributed by atoms with van der Waals surface area (Å²) in [5, 5.41) is 18.6. The molecule has 0 bridgehead atoms. The van der Waals surface area contributed by atoms with Crippen molar-refractivity contribution in [3.05, 3.63) is 17.7 Å². The van der Waals surface area contributed by atoms with Crippen LogP contribution >= 0.6 is 0 Å². The Hall–Kier alpha value is -2.09. The van der Waals surface area contributed by atoms with Gasteiger partial charge in [0.1, 0.15) is 6.04 Å². The Labute approximate surface area is 116 Å². The fraction of sp³-hybridized carbons (Fsp3) is 0.583. The second-order valence-electron chi connectivity index (χ2n) is 5.03. The van der Waals surface area contributed by atoms with E-state index in [1.165, 1.54) is 23.2 Å². The number of fused-ring (bicyclic) bond motifs is 1. The molecule has 2 atom stereocenters. The molecule has 3 N–H and O–H groups in total. The van der Waals surface area contributed by atoms with Gasteiger partial charge in [0.05, 0.1) is 30.4 Å². The predicted molar refractivity (Wildman–Crippen MR) is 69.0 cm³/mol. The Morgan fingerprint density at radius 3 is 2.95 bits per heavy atom. The van der Waals surface area contributed by atoms with Crippen LogP contribution in [0.3, 0.4) is 0 Å². The number of nitrogens with one attached hydrogen (secondary N) is 1. The van der Waals surface area contributed by atoms with E-state index >= 15 is 0 Å². The molecule has 0 aromatic carbocycles. The van der Waals surface area contributed by atoms with Crippen LogP contribution < -0.4 is 0 Å². The Balaban J connectivity index is 2.20. The number of H-pyrrole nitrogens is 1. The number of nitrogens with zero attached hydrogens (tertiary/aromatic N) is 3. The van der Waals surface area contributed by atoms with Crippen LogP contribution in [0.5, 0.6) is 0 Å². The number of rotatable bonds is 3. The van der Waals surface area contributed by atoms with Gasteiger partial charge in [-0.1, -0.05) is 0 Å². The van der Waals surface area contributed by atoms with Gasteiger partial charge in [0.25, 0.3) is 0 Å². The molecule has 110 valence electrons. The number of amides is 2. The van der Waals surface area contributed by atoms with Gasteiger partial charge >= 0.3 is 12.0 Å². The van der Waals surface area contributed by atoms with Crippen LogP contribution in [0.2, 0.25) is 0 Å². The highest BCUT2D eigenvalue weighted by Crippen LogP contribution is 2.22. The third kappa shape index (κ3) is 2.74. The summed E-state index contributed by atoms with van der Waals surface area (Å²) in [5.74, 6) is -1.06. The molecule has 8 heteroatoms. The van der Waals surface area contributed by atoms with Crippen LogP contribution in [-0.4, -0.2) is 67.7 Å². The highest BCUT2D eigenvalue weighted by molar-refractivity contribution is 5.83. The number of imidazole rings is 1. The maximum absolute atomic E-state index is 12.3. The number of aliphatic hydroxyl groups excluding tert-OH is 1. The second kappa shape index (κ2) is 5.49. The number of aliphatic carboxylic acids is 1. The summed E-state index contributed by atoms with van der Waals surface area (Å²) >= 11 is 0. The molecular weight excluding hydrogens is 264 g/mol. The molecule has 0 radical (unpaired) electrons. The third-order valence-corrected chi connectivity index (χ3v) is 3.29. The van der Waals surface area contributed by atoms with Crippen molar-refractivity contribution in [1.29, 1.82) is 0 Å². The number of urea groups is 1. The number of hydrogen-bond acceptors (Lipinski definition) is 4. The zero-order valence-electron chi connectivity index (χ0n) is 11.4. The Kier molecular flexibility index (Phi) is 3.93. The molecule has 2 heterocycles. The van der Waals surface area contributed by atoms with Crippen molar-refractivity contribution in [2.45, 2.75) is 32.0 Å². The molecule has 1 aromatic rings. The van der Waals surface area contributed by atoms with Crippen molar-refractivity contribution in [3.63, 3.8) is 0 Å². The molecule has 20 heavy (non-hydrogen) atoms. The van der Waals surface area contributed by atoms with Crippen molar-refractivity contribution in [2.75, 3.05) is 13.6 Å². The molecule has 1 aromatic heterocycles. The van der Waals surface area contributed by atoms with Crippen LogP contribution in [0.4, 0.5) is 4.79 Å². The molecule has 0 aliphatic carbocycles. The molecule has 0 saturated heterocycles. The van der Waals surface area contributed by atoms with Gasteiger partial charge in [0.2, 0.25) is 0 Å². The summed E-state index contributed by atoms with van der Waals surface area (Å²) in [6, 6.07) is -1.35. The summed E-state index contributed by atoms with van der Waals surface area (Å²) in [6.45, 7) is 1.90. The van der Waals surface area contributed by atoms with Gasteiger partial charge in [-0.15, -0.1) is 0 Å². The van der Waals surface area contributed by atoms with E-state index < -0.39 is 24.1 Å². The number of carboxylic acid groups (broad SMARTS) is 1. The molecule has 1 aliphatic heterocycles. The van der Waals surface area contributed by atoms with Gasteiger partial charge in [-0.2, -0.15) is 0 Å². The molecule has 0 spiro atoms. The van der Waals surface area contributed by atoms with Crippen molar-refractivity contribution < 1.29 is 19.8 Å². The minimum absolute atomic E-state index is 0.150. The lowest BCUT2D eigenvalue weighted by Crippen LogP contribution is -2.53. The Bertz CT molecular complexity index is 513. The first kappa shape index (κ1) is 14.3. The van der Waals surface area contributed by atoms with E-state index in [9.17, 15) is 19.8 Å². The van der Waals surface area contributed by atoms with Crippen molar-refractivity contribution >= 4 is 12.0 Å². The number of carbonyl (C=O) groups is 2. The van der Waals surface area contributed by atoms with Gasteiger partial charge in [0.15, 0.2) is 0 Å². The molecule has 8 nitrogen and oxygen atoms in total. The van der Waals surface area contributed by atoms with Crippen LogP contribution in [0.1, 0.15) is 18.3 Å². The first-order valence-electron chi connectivity index (χ1n) is 6.34. The van der Waals surface area contributed by atoms with E-state index in [1.54, 1.807) is 6.92 Å². The van der Waals surface area contributed by atoms with Crippen LogP contribution in [0, 0.1) is 0 Å². The number of hydrogen-bond donors (Lipinski definition) is 3. The fourth-order valence-corrected chi connectivity index (χ4v) is 2.35. The predicted octanol–water partition coefficient (Wildman–Crippen LogP) is -0.346. The average Bonchev–Trinajstić information content (AvgIpc) is 2.82. The zero-order chi connectivity index (χ0) is 14.9. The SMILES string of the molecule is CC(O)CN(C)C(=O)N1Cc2[nH]cnc2CC1C(=O)O. The van der Waals surface area contributed by atoms with E-state index in [0.29, 0.717) is 5.69 Å². The number of aromatic nitrogens is 2. The summed E-state index contributed by atoms with van der Waals surface area (Å²) in [4.78, 5) is 33.3. The number of carboxylic acids is 1. The van der Waals surface area contributed by atoms with Crippen molar-refractivity contribution in [1.82, 2.24) is 19.8 Å². The fourth-order valence-electron chi connectivity index (χ4n) is 2.35. The van der Waals surface area contributed by atoms with Gasteiger partial charge in [0, 0.05) is 20.0 Å². The quantitative estimate of drug-likeness (QED) is 0.702. The van der Waals surface area contributed by atoms with Crippen molar-refractivity contribution in [3.8, 4) is 0 Å². The molecule has 1 aliphatic rings. The highest BCUT2D eigenvalue weighted by Gasteiger charge is 2.37. The van der Waals surface area contributed by atoms with Gasteiger partial charge in [-0.05, 0) is 6.92 Å². The Morgan fingerprint density at radius 2 is 2.35 bits per heavy atom. The van der Waals surface area contributed by atoms with E-state index in [1.807, 2.05) is 0 Å². The van der Waals surface area contributed by atoms with E-state index in [-0.39, 0.29) is 19.5 Å². The normalized spacial score (nSPS) is 19.4. The average molecular weight is 282 g/mol. The Morgan fingerprint density at radius 1 is 1.65 bits per heavy atom. The summed E-state index contributed by atoms with van der Waals surface area (Å²) < 4.78 is 0. The standard InChI is InChI=1S/C12H18N4O4/c1-7(17)4-15(2)12(20)16-5-9-8(13-6-14-9)3-10(16)11(18)19/h6-7,10,17H,3-5H2,1-2H3,(H,13,14)(H,18,19). The van der Waals surface area contributed by atoms with E-state index in [4.69, 9.17) is 0 Å². The molecule has 2 amide bonds. The summed E-state index contributed by atoms with van der Waals surface area (Å²) in [7, 11) is 1.54. The van der Waals surface area contributed by atoms with Crippen molar-refractivity contribution in [2.24, 2.45) is 0 Å². The smallest absolute Gasteiger partial charge is 0.326 e. The number of carbonyl (C=O) groups excluding carboxylic acids is 1. The lowest BCUT2D eigenvalue weighted by molar-refractivity contribution is -0.142. The van der Waals surface area contributed by atoms with Crippen LogP contribution in [0.25, 0.3) is 0 Å². The van der Waals surface area contributed by atoms with E-state index in [0.717, 1.165) is 5.69 Å². The molecular formula is C12H18N4O4. The molecule has 0 fully saturated rings. The van der Waals surface area contributed by atoms with Crippen LogP contribution in [-0.2, 0) is 17.8 Å². The lowest BCUT2D eigenvalue weighted by atomic mass is 10.0.